The highest BCUT2D eigenvalue weighted by atomic mass is 32.2. The Hall–Kier alpha value is -1.57. The summed E-state index contributed by atoms with van der Waals surface area (Å²) in [6, 6.07) is 8.81. The van der Waals surface area contributed by atoms with Gasteiger partial charge in [-0.25, -0.2) is 8.42 Å². The molecule has 1 fully saturated rings. The Balaban J connectivity index is 2.02. The van der Waals surface area contributed by atoms with E-state index in [1.807, 2.05) is 31.2 Å². The van der Waals surface area contributed by atoms with Crippen molar-refractivity contribution in [3.8, 4) is 11.5 Å². The second-order valence-corrected chi connectivity index (χ2v) is 9.15. The minimum atomic E-state index is -3.50. The van der Waals surface area contributed by atoms with Gasteiger partial charge in [-0.05, 0) is 50.1 Å². The molecular formula is C17H21NO4S2. The minimum Gasteiger partial charge on any atom is -0.497 e. The standard InChI is InChI=1S/C17H21NO4S2/c1-12-6-9-17(23-12)24(19,20)18-10-4-5-15(18)14-11-13(21-2)7-8-16(14)22-3/h6-9,11,15H,4-5,10H2,1-3H3/t15-/m0/s1. The molecule has 0 radical (unpaired) electrons. The molecule has 5 nitrogen and oxygen atoms in total. The van der Waals surface area contributed by atoms with Gasteiger partial charge in [-0.3, -0.25) is 0 Å². The topological polar surface area (TPSA) is 55.8 Å². The first-order valence-electron chi connectivity index (χ1n) is 7.77. The molecular weight excluding hydrogens is 346 g/mol. The summed E-state index contributed by atoms with van der Waals surface area (Å²) in [7, 11) is -0.305. The van der Waals surface area contributed by atoms with E-state index in [4.69, 9.17) is 9.47 Å². The van der Waals surface area contributed by atoms with Gasteiger partial charge >= 0.3 is 0 Å². The third-order valence-electron chi connectivity index (χ3n) is 4.28. The second-order valence-electron chi connectivity index (χ2n) is 5.75. The zero-order chi connectivity index (χ0) is 17.3. The lowest BCUT2D eigenvalue weighted by Gasteiger charge is -2.25. The number of aryl methyl sites for hydroxylation is 1. The predicted molar refractivity (Wildman–Crippen MR) is 94.5 cm³/mol. The zero-order valence-corrected chi connectivity index (χ0v) is 15.6. The van der Waals surface area contributed by atoms with Gasteiger partial charge in [0.2, 0.25) is 0 Å². The molecule has 0 unspecified atom stereocenters. The first-order chi connectivity index (χ1) is 11.5. The van der Waals surface area contributed by atoms with Gasteiger partial charge in [0.25, 0.3) is 10.0 Å². The third kappa shape index (κ3) is 3.03. The van der Waals surface area contributed by atoms with E-state index in [1.165, 1.54) is 11.3 Å². The van der Waals surface area contributed by atoms with Crippen LogP contribution >= 0.6 is 11.3 Å². The average Bonchev–Trinajstić information content (AvgIpc) is 3.23. The van der Waals surface area contributed by atoms with E-state index in [1.54, 1.807) is 24.6 Å². The first kappa shape index (κ1) is 17.3. The summed E-state index contributed by atoms with van der Waals surface area (Å²) in [5, 5.41) is 0. The Labute approximate surface area is 146 Å². The molecule has 7 heteroatoms. The zero-order valence-electron chi connectivity index (χ0n) is 14.0. The fourth-order valence-corrected chi connectivity index (χ4v) is 6.19. The van der Waals surface area contributed by atoms with E-state index in [0.717, 1.165) is 23.3 Å². The Bertz CT molecular complexity index is 829. The van der Waals surface area contributed by atoms with Crippen LogP contribution in [0.15, 0.2) is 34.5 Å². The van der Waals surface area contributed by atoms with Crippen LogP contribution in [0.4, 0.5) is 0 Å². The number of rotatable bonds is 5. The lowest BCUT2D eigenvalue weighted by atomic mass is 10.0. The lowest BCUT2D eigenvalue weighted by Crippen LogP contribution is -2.30. The summed E-state index contributed by atoms with van der Waals surface area (Å²) < 4.78 is 38.8. The number of ether oxygens (including phenoxy) is 2. The van der Waals surface area contributed by atoms with Crippen molar-refractivity contribution in [3.63, 3.8) is 0 Å². The van der Waals surface area contributed by atoms with Gasteiger partial charge in [-0.15, -0.1) is 11.3 Å². The summed E-state index contributed by atoms with van der Waals surface area (Å²) in [4.78, 5) is 0.989. The van der Waals surface area contributed by atoms with Gasteiger partial charge in [-0.2, -0.15) is 4.31 Å². The molecule has 1 aromatic carbocycles. The smallest absolute Gasteiger partial charge is 0.253 e. The molecule has 3 rings (SSSR count). The predicted octanol–water partition coefficient (Wildman–Crippen LogP) is 3.60. The fourth-order valence-electron chi connectivity index (χ4n) is 3.10. The maximum atomic E-state index is 13.0. The Morgan fingerprint density at radius 3 is 2.58 bits per heavy atom. The van der Waals surface area contributed by atoms with E-state index in [2.05, 4.69) is 0 Å². The maximum absolute atomic E-state index is 13.0. The van der Waals surface area contributed by atoms with Crippen LogP contribution in [0.3, 0.4) is 0 Å². The highest BCUT2D eigenvalue weighted by Gasteiger charge is 2.38. The highest BCUT2D eigenvalue weighted by Crippen LogP contribution is 2.42. The molecule has 1 saturated heterocycles. The van der Waals surface area contributed by atoms with Crippen LogP contribution in [0.2, 0.25) is 0 Å². The van der Waals surface area contributed by atoms with Gasteiger partial charge in [0.15, 0.2) is 0 Å². The van der Waals surface area contributed by atoms with Crippen molar-refractivity contribution >= 4 is 21.4 Å². The van der Waals surface area contributed by atoms with Crippen LogP contribution in [0, 0.1) is 6.92 Å². The molecule has 0 bridgehead atoms. The molecule has 1 aliphatic heterocycles. The van der Waals surface area contributed by atoms with E-state index < -0.39 is 10.0 Å². The van der Waals surface area contributed by atoms with Crippen LogP contribution < -0.4 is 9.47 Å². The molecule has 0 spiro atoms. The van der Waals surface area contributed by atoms with E-state index in [-0.39, 0.29) is 6.04 Å². The third-order valence-corrected chi connectivity index (χ3v) is 7.65. The summed E-state index contributed by atoms with van der Waals surface area (Å²) >= 11 is 1.31. The normalized spacial score (nSPS) is 18.7. The lowest BCUT2D eigenvalue weighted by molar-refractivity contribution is 0.362. The highest BCUT2D eigenvalue weighted by molar-refractivity contribution is 7.91. The Morgan fingerprint density at radius 1 is 1.17 bits per heavy atom. The van der Waals surface area contributed by atoms with Crippen molar-refractivity contribution in [2.45, 2.75) is 30.0 Å². The molecule has 0 N–H and O–H groups in total. The number of sulfonamides is 1. The number of nitrogens with zero attached hydrogens (tertiary/aromatic N) is 1. The van der Waals surface area contributed by atoms with Crippen molar-refractivity contribution in [1.82, 2.24) is 4.31 Å². The Morgan fingerprint density at radius 2 is 1.96 bits per heavy atom. The van der Waals surface area contributed by atoms with Gasteiger partial charge < -0.3 is 9.47 Å². The molecule has 130 valence electrons. The van der Waals surface area contributed by atoms with Crippen LogP contribution in [0.1, 0.15) is 29.3 Å². The molecule has 1 aromatic heterocycles. The van der Waals surface area contributed by atoms with Crippen molar-refractivity contribution < 1.29 is 17.9 Å². The molecule has 1 aliphatic rings. The summed E-state index contributed by atoms with van der Waals surface area (Å²) in [5.74, 6) is 1.38. The summed E-state index contributed by atoms with van der Waals surface area (Å²) in [5.41, 5.74) is 0.853. The number of methoxy groups -OCH3 is 2. The molecule has 1 atom stereocenters. The summed E-state index contributed by atoms with van der Waals surface area (Å²) in [6.07, 6.45) is 1.60. The number of thiophene rings is 1. The maximum Gasteiger partial charge on any atom is 0.253 e. The van der Waals surface area contributed by atoms with Crippen LogP contribution in [-0.2, 0) is 10.0 Å². The van der Waals surface area contributed by atoms with Gasteiger partial charge in [0, 0.05) is 17.0 Å². The van der Waals surface area contributed by atoms with E-state index in [0.29, 0.717) is 22.3 Å². The monoisotopic (exact) mass is 367 g/mol. The van der Waals surface area contributed by atoms with Crippen molar-refractivity contribution in [1.29, 1.82) is 0 Å². The van der Waals surface area contributed by atoms with E-state index >= 15 is 0 Å². The van der Waals surface area contributed by atoms with Crippen molar-refractivity contribution in [2.24, 2.45) is 0 Å². The molecule has 0 amide bonds. The first-order valence-corrected chi connectivity index (χ1v) is 10.0. The van der Waals surface area contributed by atoms with Gasteiger partial charge in [-0.1, -0.05) is 0 Å². The van der Waals surface area contributed by atoms with Crippen LogP contribution in [-0.4, -0.2) is 33.5 Å². The molecule has 0 saturated carbocycles. The van der Waals surface area contributed by atoms with Crippen LogP contribution in [0.25, 0.3) is 0 Å². The molecule has 0 aliphatic carbocycles. The molecule has 2 heterocycles. The number of hydrogen-bond acceptors (Lipinski definition) is 5. The Kier molecular flexibility index (Phi) is 4.85. The SMILES string of the molecule is COc1ccc(OC)c([C@@H]2CCCN2S(=O)(=O)c2ccc(C)s2)c1. The molecule has 24 heavy (non-hydrogen) atoms. The van der Waals surface area contributed by atoms with Crippen molar-refractivity contribution in [3.05, 3.63) is 40.8 Å². The number of hydrogen-bond donors (Lipinski definition) is 0. The molecule has 2 aromatic rings. The minimum absolute atomic E-state index is 0.234. The quantitative estimate of drug-likeness (QED) is 0.810. The fraction of sp³-hybridized carbons (Fsp3) is 0.412. The van der Waals surface area contributed by atoms with Crippen molar-refractivity contribution in [2.75, 3.05) is 20.8 Å². The van der Waals surface area contributed by atoms with Crippen LogP contribution in [0.5, 0.6) is 11.5 Å². The largest absolute Gasteiger partial charge is 0.497 e. The number of benzene rings is 1. The van der Waals surface area contributed by atoms with Gasteiger partial charge in [0.05, 0.1) is 20.3 Å². The average molecular weight is 367 g/mol. The summed E-state index contributed by atoms with van der Waals surface area (Å²) in [6.45, 7) is 2.43. The van der Waals surface area contributed by atoms with E-state index in [9.17, 15) is 8.42 Å². The second kappa shape index (κ2) is 6.74. The van der Waals surface area contributed by atoms with Gasteiger partial charge in [0.1, 0.15) is 15.7 Å².